The average Bonchev–Trinajstić information content (AvgIpc) is 3.02. The Morgan fingerprint density at radius 3 is 2.42 bits per heavy atom. The van der Waals surface area contributed by atoms with E-state index in [0.717, 1.165) is 23.7 Å². The molecule has 0 aliphatic carbocycles. The van der Waals surface area contributed by atoms with Crippen LogP contribution in [-0.4, -0.2) is 32.8 Å². The number of hydrogen-bond donors (Lipinski definition) is 1. The molecule has 136 valence electrons. The van der Waals surface area contributed by atoms with Gasteiger partial charge in [0.2, 0.25) is 4.77 Å². The highest BCUT2D eigenvalue weighted by atomic mass is 32.1. The third-order valence-corrected chi connectivity index (χ3v) is 4.64. The molecule has 5 nitrogen and oxygen atoms in total. The lowest BCUT2D eigenvalue weighted by molar-refractivity contribution is 0.153. The summed E-state index contributed by atoms with van der Waals surface area (Å²) in [6.45, 7) is 5.90. The van der Waals surface area contributed by atoms with E-state index in [2.05, 4.69) is 53.1 Å². The summed E-state index contributed by atoms with van der Waals surface area (Å²) in [6.07, 6.45) is 0. The lowest BCUT2D eigenvalue weighted by Crippen LogP contribution is -2.32. The van der Waals surface area contributed by atoms with Gasteiger partial charge in [0.15, 0.2) is 5.82 Å². The molecule has 1 N–H and O–H groups in total. The van der Waals surface area contributed by atoms with Gasteiger partial charge in [-0.3, -0.25) is 10.00 Å². The molecule has 0 bridgehead atoms. The van der Waals surface area contributed by atoms with E-state index in [1.165, 1.54) is 5.56 Å². The molecule has 0 unspecified atom stereocenters. The van der Waals surface area contributed by atoms with E-state index in [1.807, 2.05) is 35.0 Å². The van der Waals surface area contributed by atoms with Crippen molar-refractivity contribution in [2.24, 2.45) is 0 Å². The van der Waals surface area contributed by atoms with Gasteiger partial charge in [-0.1, -0.05) is 30.3 Å². The maximum Gasteiger partial charge on any atom is 0.217 e. The van der Waals surface area contributed by atoms with E-state index in [9.17, 15) is 0 Å². The molecule has 1 aromatic heterocycles. The number of benzene rings is 2. The van der Waals surface area contributed by atoms with E-state index in [1.54, 1.807) is 7.11 Å². The van der Waals surface area contributed by atoms with Crippen molar-refractivity contribution in [2.45, 2.75) is 33.1 Å². The molecule has 0 atom stereocenters. The van der Waals surface area contributed by atoms with Crippen LogP contribution in [0, 0.1) is 4.77 Å². The normalized spacial score (nSPS) is 11.3. The van der Waals surface area contributed by atoms with Crippen LogP contribution >= 0.6 is 12.2 Å². The minimum absolute atomic E-state index is 0.379. The molecule has 0 radical (unpaired) electrons. The summed E-state index contributed by atoms with van der Waals surface area (Å²) >= 11 is 5.46. The second-order valence-electron chi connectivity index (χ2n) is 6.48. The summed E-state index contributed by atoms with van der Waals surface area (Å²) in [4.78, 5) is 6.86. The Balaban J connectivity index is 1.79. The minimum Gasteiger partial charge on any atom is -0.497 e. The molecule has 2 aromatic carbocycles. The summed E-state index contributed by atoms with van der Waals surface area (Å²) in [5, 5.41) is 3.33. The van der Waals surface area contributed by atoms with Crippen molar-refractivity contribution in [2.75, 3.05) is 7.11 Å². The van der Waals surface area contributed by atoms with Gasteiger partial charge in [0.05, 0.1) is 13.8 Å². The Morgan fingerprint density at radius 1 is 1.12 bits per heavy atom. The van der Waals surface area contributed by atoms with Crippen molar-refractivity contribution in [3.8, 4) is 17.1 Å². The molecule has 3 aromatic rings. The zero-order chi connectivity index (χ0) is 18.5. The number of rotatable bonds is 7. The molecule has 0 amide bonds. The van der Waals surface area contributed by atoms with Gasteiger partial charge in [-0.05, 0) is 55.9 Å². The van der Waals surface area contributed by atoms with Crippen LogP contribution in [0.1, 0.15) is 19.4 Å². The number of nitrogens with one attached hydrogen (secondary N) is 1. The number of H-pyrrole nitrogens is 1. The second kappa shape index (κ2) is 8.29. The smallest absolute Gasteiger partial charge is 0.217 e. The highest BCUT2D eigenvalue weighted by molar-refractivity contribution is 7.71. The van der Waals surface area contributed by atoms with Crippen LogP contribution in [0.25, 0.3) is 11.4 Å². The largest absolute Gasteiger partial charge is 0.497 e. The first-order valence-corrected chi connectivity index (χ1v) is 9.07. The molecule has 26 heavy (non-hydrogen) atoms. The van der Waals surface area contributed by atoms with Gasteiger partial charge in [0.1, 0.15) is 5.75 Å². The van der Waals surface area contributed by atoms with Gasteiger partial charge in [-0.2, -0.15) is 4.98 Å². The number of nitrogens with zero attached hydrogens (tertiary/aromatic N) is 3. The average molecular weight is 369 g/mol. The van der Waals surface area contributed by atoms with Crippen molar-refractivity contribution < 1.29 is 4.74 Å². The van der Waals surface area contributed by atoms with Gasteiger partial charge < -0.3 is 4.74 Å². The first kappa shape index (κ1) is 18.4. The molecule has 0 saturated heterocycles. The minimum atomic E-state index is 0.379. The van der Waals surface area contributed by atoms with Crippen LogP contribution in [-0.2, 0) is 13.2 Å². The molecule has 0 aliphatic heterocycles. The third kappa shape index (κ3) is 4.39. The van der Waals surface area contributed by atoms with E-state index in [4.69, 9.17) is 17.0 Å². The lowest BCUT2D eigenvalue weighted by Gasteiger charge is -2.26. The molecule has 0 saturated carbocycles. The Labute approximate surface area is 159 Å². The SMILES string of the molecule is COc1ccc(-c2nc(=S)n(CN(Cc3ccccc3)C(C)C)[nH]2)cc1. The van der Waals surface area contributed by atoms with Gasteiger partial charge in [-0.15, -0.1) is 0 Å². The number of methoxy groups -OCH3 is 1. The molecular formula is C20H24N4OS. The van der Waals surface area contributed by atoms with E-state index < -0.39 is 0 Å². The predicted molar refractivity (Wildman–Crippen MR) is 107 cm³/mol. The Morgan fingerprint density at radius 2 is 1.81 bits per heavy atom. The van der Waals surface area contributed by atoms with E-state index >= 15 is 0 Å². The maximum absolute atomic E-state index is 5.46. The molecular weight excluding hydrogens is 344 g/mol. The highest BCUT2D eigenvalue weighted by Crippen LogP contribution is 2.19. The summed E-state index contributed by atoms with van der Waals surface area (Å²) in [6, 6.07) is 18.6. The zero-order valence-electron chi connectivity index (χ0n) is 15.3. The highest BCUT2D eigenvalue weighted by Gasteiger charge is 2.13. The third-order valence-electron chi connectivity index (χ3n) is 4.32. The second-order valence-corrected chi connectivity index (χ2v) is 6.84. The van der Waals surface area contributed by atoms with Crippen molar-refractivity contribution in [3.63, 3.8) is 0 Å². The zero-order valence-corrected chi connectivity index (χ0v) is 16.2. The predicted octanol–water partition coefficient (Wildman–Crippen LogP) is 4.48. The lowest BCUT2D eigenvalue weighted by atomic mass is 10.2. The molecule has 3 rings (SSSR count). The number of ether oxygens (including phenoxy) is 1. The monoisotopic (exact) mass is 368 g/mol. The summed E-state index contributed by atoms with van der Waals surface area (Å²) < 4.78 is 7.67. The van der Waals surface area contributed by atoms with Crippen LogP contribution < -0.4 is 4.74 Å². The standard InChI is InChI=1S/C20H24N4OS/c1-15(2)23(13-16-7-5-4-6-8-16)14-24-20(26)21-19(22-24)17-9-11-18(25-3)12-10-17/h4-12,15H,13-14H2,1-3H3,(H,21,22,26). The molecule has 0 aliphatic rings. The topological polar surface area (TPSA) is 46.1 Å². The van der Waals surface area contributed by atoms with Gasteiger partial charge in [-0.25, -0.2) is 4.68 Å². The Hall–Kier alpha value is -2.44. The van der Waals surface area contributed by atoms with Crippen LogP contribution in [0.3, 0.4) is 0 Å². The molecule has 6 heteroatoms. The van der Waals surface area contributed by atoms with Crippen molar-refractivity contribution in [1.29, 1.82) is 0 Å². The quantitative estimate of drug-likeness (QED) is 0.625. The number of hydrogen-bond acceptors (Lipinski definition) is 4. The number of aromatic amines is 1. The van der Waals surface area contributed by atoms with Crippen LogP contribution in [0.2, 0.25) is 0 Å². The first-order chi connectivity index (χ1) is 12.6. The van der Waals surface area contributed by atoms with Crippen LogP contribution in [0.4, 0.5) is 0 Å². The van der Waals surface area contributed by atoms with Crippen LogP contribution in [0.5, 0.6) is 5.75 Å². The molecule has 1 heterocycles. The van der Waals surface area contributed by atoms with Gasteiger partial charge >= 0.3 is 0 Å². The fourth-order valence-electron chi connectivity index (χ4n) is 2.73. The number of aromatic nitrogens is 3. The van der Waals surface area contributed by atoms with Crippen molar-refractivity contribution in [3.05, 3.63) is 64.9 Å². The van der Waals surface area contributed by atoms with E-state index in [0.29, 0.717) is 17.5 Å². The fraction of sp³-hybridized carbons (Fsp3) is 0.300. The first-order valence-electron chi connectivity index (χ1n) is 8.66. The Bertz CT molecular complexity index is 884. The van der Waals surface area contributed by atoms with Crippen molar-refractivity contribution in [1.82, 2.24) is 19.7 Å². The summed E-state index contributed by atoms with van der Waals surface area (Å²) in [7, 11) is 1.66. The fourth-order valence-corrected chi connectivity index (χ4v) is 2.92. The maximum atomic E-state index is 5.46. The van der Waals surface area contributed by atoms with Crippen LogP contribution in [0.15, 0.2) is 54.6 Å². The van der Waals surface area contributed by atoms with Gasteiger partial charge in [0.25, 0.3) is 0 Å². The summed E-state index contributed by atoms with van der Waals surface area (Å²) in [5.41, 5.74) is 2.26. The molecule has 0 spiro atoms. The molecule has 0 fully saturated rings. The van der Waals surface area contributed by atoms with E-state index in [-0.39, 0.29) is 0 Å². The van der Waals surface area contributed by atoms with Gasteiger partial charge in [0, 0.05) is 18.2 Å². The van der Waals surface area contributed by atoms with Crippen molar-refractivity contribution >= 4 is 12.2 Å². The summed E-state index contributed by atoms with van der Waals surface area (Å²) in [5.74, 6) is 1.58. The Kier molecular flexibility index (Phi) is 5.85.